The van der Waals surface area contributed by atoms with Crippen LogP contribution in [0.3, 0.4) is 0 Å². The lowest BCUT2D eigenvalue weighted by molar-refractivity contribution is -0.384. The largest absolute Gasteiger partial charge is 0.444 e. The number of nitro groups is 1. The smallest absolute Gasteiger partial charge is 0.408 e. The van der Waals surface area contributed by atoms with Gasteiger partial charge in [0.05, 0.1) is 4.92 Å². The van der Waals surface area contributed by atoms with Crippen LogP contribution in [0.15, 0.2) is 24.3 Å². The van der Waals surface area contributed by atoms with E-state index < -0.39 is 22.7 Å². The third-order valence-corrected chi connectivity index (χ3v) is 2.27. The molecule has 108 valence electrons. The van der Waals surface area contributed by atoms with Gasteiger partial charge in [0.1, 0.15) is 17.9 Å². The molecule has 0 bridgehead atoms. The van der Waals surface area contributed by atoms with Gasteiger partial charge in [-0.2, -0.15) is 0 Å². The molecule has 7 nitrogen and oxygen atoms in total. The molecule has 1 aromatic rings. The number of hydrogen-bond donors (Lipinski definition) is 1. The molecule has 1 N–H and O–H groups in total. The van der Waals surface area contributed by atoms with Gasteiger partial charge >= 0.3 is 6.09 Å². The number of nitrogens with zero attached hydrogens (tertiary/aromatic N) is 1. The SMILES string of the molecule is CC(C)(C)OC(=O)NC(C=O)c1ccc([N+](=O)[O-])cc1. The topological polar surface area (TPSA) is 98.5 Å². The Labute approximate surface area is 116 Å². The fraction of sp³-hybridized carbons (Fsp3) is 0.385. The van der Waals surface area contributed by atoms with Crippen LogP contribution in [0.2, 0.25) is 0 Å². The molecule has 0 spiro atoms. The molecule has 0 heterocycles. The van der Waals surface area contributed by atoms with Gasteiger partial charge in [0.15, 0.2) is 0 Å². The molecule has 20 heavy (non-hydrogen) atoms. The molecule has 0 aromatic heterocycles. The predicted molar refractivity (Wildman–Crippen MR) is 71.3 cm³/mol. The lowest BCUT2D eigenvalue weighted by Crippen LogP contribution is -2.35. The van der Waals surface area contributed by atoms with Crippen molar-refractivity contribution in [3.8, 4) is 0 Å². The van der Waals surface area contributed by atoms with Crippen LogP contribution in [0.4, 0.5) is 10.5 Å². The van der Waals surface area contributed by atoms with Crippen molar-refractivity contribution in [3.63, 3.8) is 0 Å². The van der Waals surface area contributed by atoms with Crippen molar-refractivity contribution in [2.45, 2.75) is 32.4 Å². The summed E-state index contributed by atoms with van der Waals surface area (Å²) in [6.45, 7) is 5.11. The minimum Gasteiger partial charge on any atom is -0.444 e. The average molecular weight is 280 g/mol. The Bertz CT molecular complexity index is 504. The summed E-state index contributed by atoms with van der Waals surface area (Å²) in [4.78, 5) is 32.6. The second-order valence-corrected chi connectivity index (χ2v) is 5.11. The highest BCUT2D eigenvalue weighted by Gasteiger charge is 2.20. The molecule has 0 saturated heterocycles. The third-order valence-electron chi connectivity index (χ3n) is 2.27. The summed E-state index contributed by atoms with van der Waals surface area (Å²) in [5, 5.41) is 12.9. The molecule has 1 atom stereocenters. The molecular formula is C13H16N2O5. The summed E-state index contributed by atoms with van der Waals surface area (Å²) in [5.74, 6) is 0. The fourth-order valence-corrected chi connectivity index (χ4v) is 1.43. The van der Waals surface area contributed by atoms with E-state index in [4.69, 9.17) is 4.74 Å². The Morgan fingerprint density at radius 2 is 1.90 bits per heavy atom. The van der Waals surface area contributed by atoms with E-state index in [9.17, 15) is 19.7 Å². The van der Waals surface area contributed by atoms with E-state index >= 15 is 0 Å². The maximum absolute atomic E-state index is 11.6. The number of benzene rings is 1. The van der Waals surface area contributed by atoms with Gasteiger partial charge in [0.2, 0.25) is 0 Å². The molecule has 1 amide bonds. The normalized spacial score (nSPS) is 12.3. The summed E-state index contributed by atoms with van der Waals surface area (Å²) in [6, 6.07) is 4.44. The monoisotopic (exact) mass is 280 g/mol. The number of ether oxygens (including phenoxy) is 1. The first-order chi connectivity index (χ1) is 9.23. The van der Waals surface area contributed by atoms with Gasteiger partial charge in [0.25, 0.3) is 5.69 Å². The second-order valence-electron chi connectivity index (χ2n) is 5.11. The maximum Gasteiger partial charge on any atom is 0.408 e. The lowest BCUT2D eigenvalue weighted by Gasteiger charge is -2.21. The van der Waals surface area contributed by atoms with Crippen molar-refractivity contribution in [1.29, 1.82) is 0 Å². The number of carbonyl (C=O) groups excluding carboxylic acids is 2. The number of nitrogens with one attached hydrogen (secondary N) is 1. The van der Waals surface area contributed by atoms with Gasteiger partial charge in [-0.3, -0.25) is 10.1 Å². The van der Waals surface area contributed by atoms with Crippen LogP contribution in [0.5, 0.6) is 0 Å². The summed E-state index contributed by atoms with van der Waals surface area (Å²) >= 11 is 0. The number of rotatable bonds is 4. The highest BCUT2D eigenvalue weighted by molar-refractivity contribution is 5.74. The first kappa shape index (κ1) is 15.6. The summed E-state index contributed by atoms with van der Waals surface area (Å²) < 4.78 is 5.04. The van der Waals surface area contributed by atoms with E-state index in [0.717, 1.165) is 0 Å². The van der Waals surface area contributed by atoms with Crippen LogP contribution in [-0.2, 0) is 9.53 Å². The van der Waals surface area contributed by atoms with Gasteiger partial charge in [0, 0.05) is 12.1 Å². The Balaban J connectivity index is 2.78. The summed E-state index contributed by atoms with van der Waals surface area (Å²) in [6.07, 6.45) is -0.196. The van der Waals surface area contributed by atoms with Gasteiger partial charge in [-0.1, -0.05) is 0 Å². The van der Waals surface area contributed by atoms with Gasteiger partial charge in [-0.25, -0.2) is 4.79 Å². The van der Waals surface area contributed by atoms with Crippen molar-refractivity contribution >= 4 is 18.1 Å². The first-order valence-corrected chi connectivity index (χ1v) is 5.92. The molecule has 0 fully saturated rings. The van der Waals surface area contributed by atoms with Crippen LogP contribution in [-0.4, -0.2) is 22.9 Å². The zero-order valence-corrected chi connectivity index (χ0v) is 11.5. The van der Waals surface area contributed by atoms with Crippen molar-refractivity contribution in [2.24, 2.45) is 0 Å². The Morgan fingerprint density at radius 1 is 1.35 bits per heavy atom. The molecule has 0 saturated carbocycles. The van der Waals surface area contributed by atoms with Gasteiger partial charge < -0.3 is 14.8 Å². The number of carbonyl (C=O) groups is 2. The number of non-ortho nitro benzene ring substituents is 1. The van der Waals surface area contributed by atoms with E-state index in [-0.39, 0.29) is 5.69 Å². The Kier molecular flexibility index (Phi) is 4.79. The first-order valence-electron chi connectivity index (χ1n) is 5.92. The van der Waals surface area contributed by atoms with E-state index in [0.29, 0.717) is 11.8 Å². The molecule has 0 aliphatic rings. The van der Waals surface area contributed by atoms with Crippen LogP contribution < -0.4 is 5.32 Å². The van der Waals surface area contributed by atoms with Crippen molar-refractivity contribution < 1.29 is 19.2 Å². The molecule has 0 aliphatic heterocycles. The fourth-order valence-electron chi connectivity index (χ4n) is 1.43. The molecule has 1 unspecified atom stereocenters. The highest BCUT2D eigenvalue weighted by Crippen LogP contribution is 2.17. The molecule has 0 radical (unpaired) electrons. The molecule has 1 aromatic carbocycles. The number of amides is 1. The summed E-state index contributed by atoms with van der Waals surface area (Å²) in [7, 11) is 0. The van der Waals surface area contributed by atoms with Gasteiger partial charge in [-0.15, -0.1) is 0 Å². The molecule has 1 rings (SSSR count). The van der Waals surface area contributed by atoms with Crippen LogP contribution in [0.25, 0.3) is 0 Å². The number of nitro benzene ring substituents is 1. The zero-order valence-electron chi connectivity index (χ0n) is 11.5. The molecular weight excluding hydrogens is 264 g/mol. The van der Waals surface area contributed by atoms with Crippen LogP contribution >= 0.6 is 0 Å². The minimum absolute atomic E-state index is 0.0873. The quantitative estimate of drug-likeness (QED) is 0.518. The van der Waals surface area contributed by atoms with Crippen LogP contribution in [0, 0.1) is 10.1 Å². The second kappa shape index (κ2) is 6.14. The predicted octanol–water partition coefficient (Wildman–Crippen LogP) is 2.36. The van der Waals surface area contributed by atoms with Gasteiger partial charge in [-0.05, 0) is 38.5 Å². The lowest BCUT2D eigenvalue weighted by atomic mass is 10.1. The highest BCUT2D eigenvalue weighted by atomic mass is 16.6. The number of alkyl carbamates (subject to hydrolysis) is 1. The van der Waals surface area contributed by atoms with Crippen molar-refractivity contribution in [2.75, 3.05) is 0 Å². The standard InChI is InChI=1S/C13H16N2O5/c1-13(2,3)20-12(17)14-11(8-16)9-4-6-10(7-5-9)15(18)19/h4-8,11H,1-3H3,(H,14,17). The number of aldehydes is 1. The average Bonchev–Trinajstić information content (AvgIpc) is 2.34. The summed E-state index contributed by atoms with van der Waals surface area (Å²) in [5.41, 5.74) is -0.320. The maximum atomic E-state index is 11.6. The third kappa shape index (κ3) is 4.68. The van der Waals surface area contributed by atoms with E-state index in [2.05, 4.69) is 5.32 Å². The Hall–Kier alpha value is -2.44. The number of hydrogen-bond acceptors (Lipinski definition) is 5. The van der Waals surface area contributed by atoms with Crippen molar-refractivity contribution in [3.05, 3.63) is 39.9 Å². The van der Waals surface area contributed by atoms with Crippen molar-refractivity contribution in [1.82, 2.24) is 5.32 Å². The molecule has 7 heteroatoms. The van der Waals surface area contributed by atoms with E-state index in [1.807, 2.05) is 0 Å². The zero-order chi connectivity index (χ0) is 15.3. The Morgan fingerprint density at radius 3 is 2.30 bits per heavy atom. The van der Waals surface area contributed by atoms with E-state index in [1.54, 1.807) is 20.8 Å². The van der Waals surface area contributed by atoms with E-state index in [1.165, 1.54) is 24.3 Å². The van der Waals surface area contributed by atoms with Crippen LogP contribution in [0.1, 0.15) is 32.4 Å². The minimum atomic E-state index is -0.911. The molecule has 0 aliphatic carbocycles.